The van der Waals surface area contributed by atoms with Gasteiger partial charge in [0.15, 0.2) is 0 Å². The van der Waals surface area contributed by atoms with E-state index in [0.717, 1.165) is 24.1 Å². The molecule has 0 saturated heterocycles. The van der Waals surface area contributed by atoms with Crippen molar-refractivity contribution >= 4 is 21.4 Å². The zero-order valence-corrected chi connectivity index (χ0v) is 15.4. The third kappa shape index (κ3) is 5.27. The Morgan fingerprint density at radius 3 is 1.96 bits per heavy atom. The van der Waals surface area contributed by atoms with Crippen LogP contribution in [0.3, 0.4) is 0 Å². The fourth-order valence-electron chi connectivity index (χ4n) is 2.25. The standard InChI is InChI=1S/C19H26N2O2S/c1-4-5-16-6-10-18(11-7-16)20-14-17-8-12-19(13-9-17)21-24(22,23)15(2)3/h6-13,15,20-21H,4-5,14H2,1-3H3. The Hall–Kier alpha value is -2.01. The lowest BCUT2D eigenvalue weighted by Crippen LogP contribution is -2.22. The highest BCUT2D eigenvalue weighted by molar-refractivity contribution is 7.93. The SMILES string of the molecule is CCCc1ccc(NCc2ccc(NS(=O)(=O)C(C)C)cc2)cc1. The largest absolute Gasteiger partial charge is 0.381 e. The lowest BCUT2D eigenvalue weighted by molar-refractivity contribution is 0.593. The molecule has 0 saturated carbocycles. The molecule has 0 bridgehead atoms. The van der Waals surface area contributed by atoms with Crippen molar-refractivity contribution in [2.75, 3.05) is 10.0 Å². The highest BCUT2D eigenvalue weighted by Crippen LogP contribution is 2.16. The highest BCUT2D eigenvalue weighted by atomic mass is 32.2. The van der Waals surface area contributed by atoms with Crippen LogP contribution in [0.15, 0.2) is 48.5 Å². The Morgan fingerprint density at radius 2 is 1.42 bits per heavy atom. The van der Waals surface area contributed by atoms with E-state index >= 15 is 0 Å². The Kier molecular flexibility index (Phi) is 6.26. The first-order valence-corrected chi connectivity index (χ1v) is 9.88. The van der Waals surface area contributed by atoms with Crippen LogP contribution in [-0.2, 0) is 23.0 Å². The topological polar surface area (TPSA) is 58.2 Å². The summed E-state index contributed by atoms with van der Waals surface area (Å²) in [6, 6.07) is 15.9. The van der Waals surface area contributed by atoms with Gasteiger partial charge in [0.05, 0.1) is 5.25 Å². The molecule has 2 aromatic rings. The van der Waals surface area contributed by atoms with E-state index in [9.17, 15) is 8.42 Å². The van der Waals surface area contributed by atoms with E-state index in [1.807, 2.05) is 12.1 Å². The van der Waals surface area contributed by atoms with Crippen LogP contribution in [0, 0.1) is 0 Å². The van der Waals surface area contributed by atoms with Crippen LogP contribution in [0.25, 0.3) is 0 Å². The molecule has 130 valence electrons. The van der Waals surface area contributed by atoms with Crippen molar-refractivity contribution in [2.45, 2.75) is 45.4 Å². The summed E-state index contributed by atoms with van der Waals surface area (Å²) in [5.74, 6) is 0. The number of hydrogen-bond acceptors (Lipinski definition) is 3. The number of aryl methyl sites for hydroxylation is 1. The Bertz CT molecular complexity index is 736. The number of rotatable bonds is 8. The molecule has 2 aromatic carbocycles. The maximum absolute atomic E-state index is 11.8. The van der Waals surface area contributed by atoms with Gasteiger partial charge in [-0.2, -0.15) is 0 Å². The summed E-state index contributed by atoms with van der Waals surface area (Å²) in [6.45, 7) is 6.19. The quantitative estimate of drug-likeness (QED) is 0.745. The first-order chi connectivity index (χ1) is 11.4. The normalized spacial score (nSPS) is 11.5. The van der Waals surface area contributed by atoms with Gasteiger partial charge in [-0.15, -0.1) is 0 Å². The van der Waals surface area contributed by atoms with Gasteiger partial charge in [-0.05, 0) is 55.7 Å². The molecular weight excluding hydrogens is 320 g/mol. The van der Waals surface area contributed by atoms with E-state index in [2.05, 4.69) is 41.2 Å². The maximum Gasteiger partial charge on any atom is 0.235 e. The van der Waals surface area contributed by atoms with Crippen molar-refractivity contribution in [2.24, 2.45) is 0 Å². The zero-order chi connectivity index (χ0) is 17.6. The molecule has 0 unspecified atom stereocenters. The van der Waals surface area contributed by atoms with Gasteiger partial charge in [0.25, 0.3) is 0 Å². The van der Waals surface area contributed by atoms with Gasteiger partial charge >= 0.3 is 0 Å². The Morgan fingerprint density at radius 1 is 0.875 bits per heavy atom. The summed E-state index contributed by atoms with van der Waals surface area (Å²) in [6.07, 6.45) is 2.26. The molecule has 0 aliphatic heterocycles. The predicted molar refractivity (Wildman–Crippen MR) is 102 cm³/mol. The summed E-state index contributed by atoms with van der Waals surface area (Å²) >= 11 is 0. The summed E-state index contributed by atoms with van der Waals surface area (Å²) in [5, 5.41) is 2.93. The molecule has 0 fully saturated rings. The summed E-state index contributed by atoms with van der Waals surface area (Å²) in [4.78, 5) is 0. The Labute approximate surface area is 145 Å². The molecule has 0 heterocycles. The summed E-state index contributed by atoms with van der Waals surface area (Å²) in [7, 11) is -3.29. The minimum Gasteiger partial charge on any atom is -0.381 e. The second-order valence-corrected chi connectivity index (χ2v) is 8.43. The van der Waals surface area contributed by atoms with E-state index in [4.69, 9.17) is 0 Å². The van der Waals surface area contributed by atoms with E-state index in [1.165, 1.54) is 5.56 Å². The lowest BCUT2D eigenvalue weighted by Gasteiger charge is -2.12. The molecule has 0 atom stereocenters. The minimum atomic E-state index is -3.29. The van der Waals surface area contributed by atoms with E-state index in [1.54, 1.807) is 26.0 Å². The van der Waals surface area contributed by atoms with E-state index in [-0.39, 0.29) is 0 Å². The molecule has 2 N–H and O–H groups in total. The van der Waals surface area contributed by atoms with Crippen LogP contribution in [0.2, 0.25) is 0 Å². The zero-order valence-electron chi connectivity index (χ0n) is 14.5. The molecule has 0 aliphatic rings. The van der Waals surface area contributed by atoms with Gasteiger partial charge in [-0.25, -0.2) is 8.42 Å². The molecule has 0 amide bonds. The first kappa shape index (κ1) is 18.3. The number of nitrogens with one attached hydrogen (secondary N) is 2. The van der Waals surface area contributed by atoms with Crippen molar-refractivity contribution in [1.82, 2.24) is 0 Å². The molecular formula is C19H26N2O2S. The molecule has 4 nitrogen and oxygen atoms in total. The third-order valence-electron chi connectivity index (χ3n) is 3.82. The minimum absolute atomic E-state index is 0.450. The molecule has 0 aliphatic carbocycles. The number of sulfonamides is 1. The number of benzene rings is 2. The van der Waals surface area contributed by atoms with Crippen LogP contribution in [0.4, 0.5) is 11.4 Å². The molecule has 24 heavy (non-hydrogen) atoms. The summed E-state index contributed by atoms with van der Waals surface area (Å²) < 4.78 is 26.3. The van der Waals surface area contributed by atoms with Crippen molar-refractivity contribution in [1.29, 1.82) is 0 Å². The van der Waals surface area contributed by atoms with Gasteiger partial charge in [-0.1, -0.05) is 37.6 Å². The Balaban J connectivity index is 1.92. The van der Waals surface area contributed by atoms with Gasteiger partial charge in [-0.3, -0.25) is 4.72 Å². The first-order valence-electron chi connectivity index (χ1n) is 8.34. The van der Waals surface area contributed by atoms with Crippen LogP contribution >= 0.6 is 0 Å². The highest BCUT2D eigenvalue weighted by Gasteiger charge is 2.15. The molecule has 0 aromatic heterocycles. The fourth-order valence-corrected chi connectivity index (χ4v) is 2.96. The summed E-state index contributed by atoms with van der Waals surface area (Å²) in [5.41, 5.74) is 4.13. The number of hydrogen-bond donors (Lipinski definition) is 2. The lowest BCUT2D eigenvalue weighted by atomic mass is 10.1. The van der Waals surface area contributed by atoms with Crippen molar-refractivity contribution in [3.63, 3.8) is 0 Å². The van der Waals surface area contributed by atoms with Gasteiger partial charge in [0.2, 0.25) is 10.0 Å². The van der Waals surface area contributed by atoms with Crippen LogP contribution in [-0.4, -0.2) is 13.7 Å². The predicted octanol–water partition coefficient (Wildman–Crippen LogP) is 4.40. The number of anilines is 2. The average Bonchev–Trinajstić information content (AvgIpc) is 2.55. The van der Waals surface area contributed by atoms with Crippen LogP contribution in [0.1, 0.15) is 38.3 Å². The third-order valence-corrected chi connectivity index (χ3v) is 5.59. The fraction of sp³-hybridized carbons (Fsp3) is 0.368. The molecule has 0 spiro atoms. The van der Waals surface area contributed by atoms with Gasteiger partial charge in [0, 0.05) is 17.9 Å². The van der Waals surface area contributed by atoms with Crippen molar-refractivity contribution < 1.29 is 8.42 Å². The van der Waals surface area contributed by atoms with E-state index in [0.29, 0.717) is 12.2 Å². The van der Waals surface area contributed by atoms with Crippen LogP contribution in [0.5, 0.6) is 0 Å². The monoisotopic (exact) mass is 346 g/mol. The van der Waals surface area contributed by atoms with E-state index < -0.39 is 15.3 Å². The van der Waals surface area contributed by atoms with Crippen molar-refractivity contribution in [3.8, 4) is 0 Å². The molecule has 0 radical (unpaired) electrons. The van der Waals surface area contributed by atoms with Gasteiger partial charge in [0.1, 0.15) is 0 Å². The average molecular weight is 346 g/mol. The maximum atomic E-state index is 11.8. The molecule has 5 heteroatoms. The van der Waals surface area contributed by atoms with Crippen LogP contribution < -0.4 is 10.0 Å². The molecule has 2 rings (SSSR count). The van der Waals surface area contributed by atoms with Crippen molar-refractivity contribution in [3.05, 3.63) is 59.7 Å². The second kappa shape index (κ2) is 8.20. The van der Waals surface area contributed by atoms with Gasteiger partial charge < -0.3 is 5.32 Å². The smallest absolute Gasteiger partial charge is 0.235 e. The second-order valence-electron chi connectivity index (χ2n) is 6.19.